The molecule has 0 aliphatic heterocycles. The first-order valence-corrected chi connectivity index (χ1v) is 8.47. The highest BCUT2D eigenvalue weighted by molar-refractivity contribution is 6.35. The van der Waals surface area contributed by atoms with E-state index in [-0.39, 0.29) is 5.56 Å². The highest BCUT2D eigenvalue weighted by atomic mass is 35.5. The summed E-state index contributed by atoms with van der Waals surface area (Å²) in [5.41, 5.74) is 1.34. The lowest BCUT2D eigenvalue weighted by atomic mass is 10.2. The Labute approximate surface area is 159 Å². The van der Waals surface area contributed by atoms with Gasteiger partial charge in [-0.3, -0.25) is 14.6 Å². The second kappa shape index (κ2) is 7.68. The number of halogens is 2. The number of aromatic nitrogens is 3. The fourth-order valence-corrected chi connectivity index (χ4v) is 2.66. The van der Waals surface area contributed by atoms with Crippen molar-refractivity contribution in [1.82, 2.24) is 14.8 Å². The summed E-state index contributed by atoms with van der Waals surface area (Å²) in [6, 6.07) is 10.4. The zero-order chi connectivity index (χ0) is 18.7. The SMILES string of the molecule is CC(C(=O)Nc1cc(Cl)ccc1Cl)n1nc(-c2ccncc2)ccc1=O. The zero-order valence-corrected chi connectivity index (χ0v) is 15.2. The fourth-order valence-electron chi connectivity index (χ4n) is 2.32. The summed E-state index contributed by atoms with van der Waals surface area (Å²) in [5, 5.41) is 7.76. The molecule has 0 saturated carbocycles. The Morgan fingerprint density at radius 3 is 2.58 bits per heavy atom. The molecule has 1 amide bonds. The van der Waals surface area contributed by atoms with Gasteiger partial charge >= 0.3 is 0 Å². The highest BCUT2D eigenvalue weighted by Gasteiger charge is 2.19. The van der Waals surface area contributed by atoms with Crippen LogP contribution < -0.4 is 10.9 Å². The standard InChI is InChI=1S/C18H14Cl2N4O2/c1-11(18(26)22-16-10-13(19)2-3-14(16)20)24-17(25)5-4-15(23-24)12-6-8-21-9-7-12/h2-11H,1H3,(H,22,26). The van der Waals surface area contributed by atoms with Gasteiger partial charge in [-0.1, -0.05) is 23.2 Å². The number of carbonyl (C=O) groups is 1. The quantitative estimate of drug-likeness (QED) is 0.736. The second-order valence-electron chi connectivity index (χ2n) is 5.53. The van der Waals surface area contributed by atoms with Crippen LogP contribution in [0.4, 0.5) is 5.69 Å². The van der Waals surface area contributed by atoms with E-state index < -0.39 is 11.9 Å². The molecule has 1 unspecified atom stereocenters. The maximum atomic E-state index is 12.6. The topological polar surface area (TPSA) is 76.9 Å². The molecule has 0 fully saturated rings. The number of nitrogens with zero attached hydrogens (tertiary/aromatic N) is 3. The summed E-state index contributed by atoms with van der Waals surface area (Å²) in [6.07, 6.45) is 3.26. The first kappa shape index (κ1) is 18.1. The molecule has 1 atom stereocenters. The molecular weight excluding hydrogens is 375 g/mol. The zero-order valence-electron chi connectivity index (χ0n) is 13.7. The van der Waals surface area contributed by atoms with Crippen LogP contribution in [0.25, 0.3) is 11.3 Å². The number of rotatable bonds is 4. The van der Waals surface area contributed by atoms with Crippen molar-refractivity contribution in [3.63, 3.8) is 0 Å². The van der Waals surface area contributed by atoms with Crippen LogP contribution in [-0.4, -0.2) is 20.7 Å². The van der Waals surface area contributed by atoms with Crippen LogP contribution in [0.1, 0.15) is 13.0 Å². The van der Waals surface area contributed by atoms with Crippen LogP contribution >= 0.6 is 23.2 Å². The van der Waals surface area contributed by atoms with Gasteiger partial charge in [-0.15, -0.1) is 0 Å². The molecular formula is C18H14Cl2N4O2. The lowest BCUT2D eigenvalue weighted by Crippen LogP contribution is -2.33. The molecule has 0 aliphatic rings. The first-order chi connectivity index (χ1) is 12.5. The minimum atomic E-state index is -0.848. The van der Waals surface area contributed by atoms with Gasteiger partial charge in [-0.2, -0.15) is 5.10 Å². The smallest absolute Gasteiger partial charge is 0.267 e. The van der Waals surface area contributed by atoms with E-state index in [4.69, 9.17) is 23.2 Å². The van der Waals surface area contributed by atoms with E-state index in [1.54, 1.807) is 49.6 Å². The molecule has 3 aromatic rings. The van der Waals surface area contributed by atoms with Crippen LogP contribution in [0.15, 0.2) is 59.7 Å². The molecule has 0 radical (unpaired) electrons. The van der Waals surface area contributed by atoms with Crippen molar-refractivity contribution in [2.45, 2.75) is 13.0 Å². The third-order valence-electron chi connectivity index (χ3n) is 3.73. The predicted molar refractivity (Wildman–Crippen MR) is 102 cm³/mol. The van der Waals surface area contributed by atoms with E-state index in [1.165, 1.54) is 12.1 Å². The molecule has 0 bridgehead atoms. The molecule has 0 spiro atoms. The van der Waals surface area contributed by atoms with Crippen molar-refractivity contribution in [3.8, 4) is 11.3 Å². The number of hydrogen-bond donors (Lipinski definition) is 1. The average molecular weight is 389 g/mol. The van der Waals surface area contributed by atoms with E-state index in [2.05, 4.69) is 15.4 Å². The largest absolute Gasteiger partial charge is 0.323 e. The normalized spacial score (nSPS) is 11.8. The monoisotopic (exact) mass is 388 g/mol. The highest BCUT2D eigenvalue weighted by Crippen LogP contribution is 2.26. The van der Waals surface area contributed by atoms with Crippen molar-refractivity contribution in [1.29, 1.82) is 0 Å². The minimum Gasteiger partial charge on any atom is -0.323 e. The van der Waals surface area contributed by atoms with Gasteiger partial charge in [0.25, 0.3) is 5.56 Å². The second-order valence-corrected chi connectivity index (χ2v) is 6.37. The summed E-state index contributed by atoms with van der Waals surface area (Å²) in [5.74, 6) is -0.435. The number of hydrogen-bond acceptors (Lipinski definition) is 4. The van der Waals surface area contributed by atoms with Gasteiger partial charge < -0.3 is 5.32 Å². The Morgan fingerprint density at radius 1 is 1.12 bits per heavy atom. The number of pyridine rings is 1. The number of benzene rings is 1. The first-order valence-electron chi connectivity index (χ1n) is 7.72. The maximum absolute atomic E-state index is 12.6. The molecule has 26 heavy (non-hydrogen) atoms. The number of nitrogens with one attached hydrogen (secondary N) is 1. The number of anilines is 1. The van der Waals surface area contributed by atoms with Gasteiger partial charge in [0.15, 0.2) is 0 Å². The van der Waals surface area contributed by atoms with Crippen LogP contribution in [-0.2, 0) is 4.79 Å². The van der Waals surface area contributed by atoms with Crippen molar-refractivity contribution in [2.75, 3.05) is 5.32 Å². The molecule has 8 heteroatoms. The summed E-state index contributed by atoms with van der Waals surface area (Å²) in [4.78, 5) is 28.7. The third-order valence-corrected chi connectivity index (χ3v) is 4.30. The van der Waals surface area contributed by atoms with Gasteiger partial charge in [-0.05, 0) is 43.3 Å². The lowest BCUT2D eigenvalue weighted by molar-refractivity contribution is -0.119. The van der Waals surface area contributed by atoms with Gasteiger partial charge in [0.2, 0.25) is 5.91 Å². The van der Waals surface area contributed by atoms with Crippen molar-refractivity contribution in [2.24, 2.45) is 0 Å². The minimum absolute atomic E-state index is 0.348. The van der Waals surface area contributed by atoms with Crippen LogP contribution in [0.3, 0.4) is 0 Å². The van der Waals surface area contributed by atoms with E-state index in [1.807, 2.05) is 0 Å². The Morgan fingerprint density at radius 2 is 1.85 bits per heavy atom. The summed E-state index contributed by atoms with van der Waals surface area (Å²) < 4.78 is 1.13. The molecule has 0 aliphatic carbocycles. The van der Waals surface area contributed by atoms with E-state index in [0.29, 0.717) is 21.4 Å². The molecule has 1 N–H and O–H groups in total. The molecule has 2 aromatic heterocycles. The van der Waals surface area contributed by atoms with Crippen molar-refractivity contribution < 1.29 is 4.79 Å². The lowest BCUT2D eigenvalue weighted by Gasteiger charge is -2.15. The Bertz CT molecular complexity index is 1010. The van der Waals surface area contributed by atoms with Gasteiger partial charge in [-0.25, -0.2) is 4.68 Å². The number of amides is 1. The predicted octanol–water partition coefficient (Wildman–Crippen LogP) is 3.81. The molecule has 1 aromatic carbocycles. The summed E-state index contributed by atoms with van der Waals surface area (Å²) in [6.45, 7) is 1.58. The average Bonchev–Trinajstić information content (AvgIpc) is 2.65. The van der Waals surface area contributed by atoms with Crippen molar-refractivity contribution in [3.05, 3.63) is 75.3 Å². The van der Waals surface area contributed by atoms with Crippen LogP contribution in [0.2, 0.25) is 10.0 Å². The molecule has 132 valence electrons. The van der Waals surface area contributed by atoms with Crippen LogP contribution in [0.5, 0.6) is 0 Å². The van der Waals surface area contributed by atoms with Crippen LogP contribution in [0, 0.1) is 0 Å². The Kier molecular flexibility index (Phi) is 5.35. The van der Waals surface area contributed by atoms with Gasteiger partial charge in [0.05, 0.1) is 16.4 Å². The molecule has 0 saturated heterocycles. The van der Waals surface area contributed by atoms with Gasteiger partial charge in [0.1, 0.15) is 6.04 Å². The van der Waals surface area contributed by atoms with E-state index in [9.17, 15) is 9.59 Å². The van der Waals surface area contributed by atoms with Gasteiger partial charge in [0, 0.05) is 29.0 Å². The molecule has 3 rings (SSSR count). The third kappa shape index (κ3) is 3.92. The molecule has 6 nitrogen and oxygen atoms in total. The Hall–Kier alpha value is -2.70. The molecule has 2 heterocycles. The summed E-state index contributed by atoms with van der Waals surface area (Å²) in [7, 11) is 0. The maximum Gasteiger partial charge on any atom is 0.267 e. The van der Waals surface area contributed by atoms with E-state index in [0.717, 1.165) is 10.2 Å². The Balaban J connectivity index is 1.89. The number of carbonyl (C=O) groups excluding carboxylic acids is 1. The fraction of sp³-hybridized carbons (Fsp3) is 0.111. The van der Waals surface area contributed by atoms with Crippen molar-refractivity contribution >= 4 is 34.8 Å². The summed E-state index contributed by atoms with van der Waals surface area (Å²) >= 11 is 12.0. The van der Waals surface area contributed by atoms with E-state index >= 15 is 0 Å².